The number of halogens is 1. The van der Waals surface area contributed by atoms with Gasteiger partial charge in [0.15, 0.2) is 0 Å². The van der Waals surface area contributed by atoms with Crippen molar-refractivity contribution in [1.82, 2.24) is 10.6 Å². The summed E-state index contributed by atoms with van der Waals surface area (Å²) in [6.45, 7) is 1.62. The molecular weight excluding hydrogens is 296 g/mol. The first-order chi connectivity index (χ1) is 9.84. The summed E-state index contributed by atoms with van der Waals surface area (Å²) in [6, 6.07) is 0. The van der Waals surface area contributed by atoms with Crippen molar-refractivity contribution < 1.29 is 19.5 Å². The lowest BCUT2D eigenvalue weighted by Crippen LogP contribution is -2.43. The standard InChI is InChI=1S/C14H11ClN2O4/c1-14(12(19)13(20)21)3-2-7(15)6-4-8-11(10(6)14)17-9(18)5-16-8/h2-4,16H,5H2,1H3,(H,17,18)(H,20,21). The van der Waals surface area contributed by atoms with Crippen LogP contribution < -0.4 is 10.6 Å². The number of piperazine rings is 1. The summed E-state index contributed by atoms with van der Waals surface area (Å²) < 4.78 is 0. The second-order valence-corrected chi connectivity index (χ2v) is 5.55. The fraction of sp³-hybridized carbons (Fsp3) is 0.214. The molecule has 3 aliphatic rings. The highest BCUT2D eigenvalue weighted by atomic mass is 35.5. The van der Waals surface area contributed by atoms with Crippen LogP contribution in [0.1, 0.15) is 6.92 Å². The van der Waals surface area contributed by atoms with E-state index in [0.29, 0.717) is 27.6 Å². The number of hydrogen-bond acceptors (Lipinski definition) is 4. The first-order valence-electron chi connectivity index (χ1n) is 6.22. The molecule has 6 nitrogen and oxygen atoms in total. The second-order valence-electron chi connectivity index (χ2n) is 5.14. The van der Waals surface area contributed by atoms with Crippen LogP contribution in [0.3, 0.4) is 0 Å². The van der Waals surface area contributed by atoms with Gasteiger partial charge in [-0.25, -0.2) is 4.79 Å². The predicted octanol–water partition coefficient (Wildman–Crippen LogP) is 0.580. The van der Waals surface area contributed by atoms with Gasteiger partial charge >= 0.3 is 5.97 Å². The van der Waals surface area contributed by atoms with Gasteiger partial charge in [-0.1, -0.05) is 17.7 Å². The van der Waals surface area contributed by atoms with Gasteiger partial charge in [0.05, 0.1) is 23.4 Å². The Morgan fingerprint density at radius 1 is 1.43 bits per heavy atom. The first-order valence-corrected chi connectivity index (χ1v) is 6.60. The fourth-order valence-corrected chi connectivity index (χ4v) is 2.95. The molecule has 0 aromatic carbocycles. The Morgan fingerprint density at radius 2 is 2.14 bits per heavy atom. The molecule has 3 N–H and O–H groups in total. The van der Waals surface area contributed by atoms with Gasteiger partial charge in [0, 0.05) is 16.2 Å². The molecule has 108 valence electrons. The molecule has 1 atom stereocenters. The van der Waals surface area contributed by atoms with Crippen molar-refractivity contribution in [3.63, 3.8) is 0 Å². The van der Waals surface area contributed by atoms with Crippen molar-refractivity contribution in [2.24, 2.45) is 5.41 Å². The monoisotopic (exact) mass is 306 g/mol. The zero-order chi connectivity index (χ0) is 15.4. The van der Waals surface area contributed by atoms with Crippen LogP contribution in [0, 0.1) is 5.41 Å². The predicted molar refractivity (Wildman–Crippen MR) is 74.0 cm³/mol. The van der Waals surface area contributed by atoms with E-state index in [2.05, 4.69) is 10.6 Å². The molecule has 1 amide bonds. The number of rotatable bonds is 2. The molecule has 0 aromatic rings. The Balaban J connectivity index is 2.22. The molecule has 0 spiro atoms. The minimum Gasteiger partial charge on any atom is -0.475 e. The minimum absolute atomic E-state index is 0.116. The summed E-state index contributed by atoms with van der Waals surface area (Å²) in [6.07, 6.45) is 4.68. The van der Waals surface area contributed by atoms with Gasteiger partial charge < -0.3 is 15.7 Å². The molecule has 0 radical (unpaired) electrons. The van der Waals surface area contributed by atoms with Gasteiger partial charge in [-0.05, 0) is 19.1 Å². The quantitative estimate of drug-likeness (QED) is 0.649. The van der Waals surface area contributed by atoms with Crippen molar-refractivity contribution in [3.05, 3.63) is 45.8 Å². The second kappa shape index (κ2) is 4.33. The molecule has 0 aromatic heterocycles. The number of hydrogen-bond donors (Lipinski definition) is 3. The highest BCUT2D eigenvalue weighted by Gasteiger charge is 2.47. The van der Waals surface area contributed by atoms with Crippen molar-refractivity contribution in [1.29, 1.82) is 0 Å². The molecular formula is C14H11ClN2O4. The van der Waals surface area contributed by atoms with E-state index >= 15 is 0 Å². The molecule has 3 rings (SSSR count). The smallest absolute Gasteiger partial charge is 0.373 e. The highest BCUT2D eigenvalue weighted by molar-refractivity contribution is 6.37. The number of amides is 1. The summed E-state index contributed by atoms with van der Waals surface area (Å²) in [4.78, 5) is 34.8. The Bertz CT molecular complexity index is 729. The average molecular weight is 307 g/mol. The number of carbonyl (C=O) groups is 3. The van der Waals surface area contributed by atoms with E-state index in [-0.39, 0.29) is 12.5 Å². The number of carboxylic acids is 1. The van der Waals surface area contributed by atoms with Gasteiger partial charge in [-0.3, -0.25) is 9.59 Å². The van der Waals surface area contributed by atoms with Crippen molar-refractivity contribution >= 4 is 29.3 Å². The zero-order valence-corrected chi connectivity index (χ0v) is 11.7. The van der Waals surface area contributed by atoms with Gasteiger partial charge in [-0.15, -0.1) is 0 Å². The van der Waals surface area contributed by atoms with Gasteiger partial charge in [0.1, 0.15) is 0 Å². The van der Waals surface area contributed by atoms with Crippen LogP contribution in [0.2, 0.25) is 0 Å². The maximum atomic E-state index is 12.1. The lowest BCUT2D eigenvalue weighted by Gasteiger charge is -2.31. The van der Waals surface area contributed by atoms with E-state index in [9.17, 15) is 14.4 Å². The van der Waals surface area contributed by atoms with Crippen LogP contribution in [0.4, 0.5) is 0 Å². The van der Waals surface area contributed by atoms with Gasteiger partial charge in [-0.2, -0.15) is 0 Å². The van der Waals surface area contributed by atoms with Crippen LogP contribution in [0.15, 0.2) is 45.8 Å². The number of nitrogens with one attached hydrogen (secondary N) is 2. The molecule has 7 heteroatoms. The van der Waals surface area contributed by atoms with Crippen LogP contribution in [0.25, 0.3) is 0 Å². The fourth-order valence-electron chi connectivity index (χ4n) is 2.74. The Morgan fingerprint density at radius 3 is 2.81 bits per heavy atom. The van der Waals surface area contributed by atoms with E-state index in [1.165, 1.54) is 19.1 Å². The number of carboxylic acid groups (broad SMARTS) is 1. The highest BCUT2D eigenvalue weighted by Crippen LogP contribution is 2.47. The van der Waals surface area contributed by atoms with E-state index < -0.39 is 17.2 Å². The molecule has 2 aliphatic carbocycles. The molecule has 21 heavy (non-hydrogen) atoms. The van der Waals surface area contributed by atoms with Crippen molar-refractivity contribution in [3.8, 4) is 0 Å². The van der Waals surface area contributed by atoms with E-state index in [4.69, 9.17) is 16.7 Å². The molecule has 1 saturated heterocycles. The Labute approximate surface area is 124 Å². The third-order valence-electron chi connectivity index (χ3n) is 3.79. The summed E-state index contributed by atoms with van der Waals surface area (Å²) in [7, 11) is 0. The maximum Gasteiger partial charge on any atom is 0.373 e. The SMILES string of the molecule is CC1(C(=O)C(=O)O)C=CC(Cl)=C2C=C3NCC(=O)NC3=C21. The zero-order valence-electron chi connectivity index (χ0n) is 11.0. The summed E-state index contributed by atoms with van der Waals surface area (Å²) >= 11 is 6.15. The van der Waals surface area contributed by atoms with E-state index in [1.807, 2.05) is 0 Å². The summed E-state index contributed by atoms with van der Waals surface area (Å²) in [5.41, 5.74) is 0.639. The van der Waals surface area contributed by atoms with Gasteiger partial charge in [0.2, 0.25) is 5.91 Å². The molecule has 1 aliphatic heterocycles. The Hall–Kier alpha value is -2.34. The van der Waals surface area contributed by atoms with Crippen molar-refractivity contribution in [2.45, 2.75) is 6.92 Å². The summed E-state index contributed by atoms with van der Waals surface area (Å²) in [5.74, 6) is -2.76. The lowest BCUT2D eigenvalue weighted by atomic mass is 9.72. The molecule has 1 fully saturated rings. The van der Waals surface area contributed by atoms with Crippen LogP contribution in [-0.2, 0) is 14.4 Å². The van der Waals surface area contributed by atoms with E-state index in [0.717, 1.165) is 0 Å². The summed E-state index contributed by atoms with van der Waals surface area (Å²) in [5, 5.41) is 15.1. The number of carbonyl (C=O) groups excluding carboxylic acids is 2. The molecule has 0 bridgehead atoms. The molecule has 1 heterocycles. The number of ketones is 1. The lowest BCUT2D eigenvalue weighted by molar-refractivity contribution is -0.151. The topological polar surface area (TPSA) is 95.5 Å². The maximum absolute atomic E-state index is 12.1. The number of fused-ring (bicyclic) bond motifs is 2. The number of allylic oxidation sites excluding steroid dienone is 6. The first kappa shape index (κ1) is 13.6. The van der Waals surface area contributed by atoms with Crippen LogP contribution in [-0.4, -0.2) is 29.3 Å². The van der Waals surface area contributed by atoms with Crippen molar-refractivity contribution in [2.75, 3.05) is 6.54 Å². The van der Waals surface area contributed by atoms with Gasteiger partial charge in [0.25, 0.3) is 5.78 Å². The average Bonchev–Trinajstić information content (AvgIpc) is 2.82. The third kappa shape index (κ3) is 1.83. The normalized spacial score (nSPS) is 26.8. The molecule has 0 saturated carbocycles. The van der Waals surface area contributed by atoms with E-state index in [1.54, 1.807) is 6.08 Å². The number of Topliss-reactive ketones (excluding diaryl/α,β-unsaturated/α-hetero) is 1. The third-order valence-corrected chi connectivity index (χ3v) is 4.12. The minimum atomic E-state index is -1.53. The number of aliphatic carboxylic acids is 1. The van der Waals surface area contributed by atoms with Crippen LogP contribution >= 0.6 is 11.6 Å². The largest absolute Gasteiger partial charge is 0.475 e. The molecule has 1 unspecified atom stereocenters. The Kier molecular flexibility index (Phi) is 2.81. The van der Waals surface area contributed by atoms with Crippen LogP contribution in [0.5, 0.6) is 0 Å².